The van der Waals surface area contributed by atoms with Crippen LogP contribution in [0.25, 0.3) is 5.52 Å². The highest BCUT2D eigenvalue weighted by Gasteiger charge is 2.21. The van der Waals surface area contributed by atoms with Crippen molar-refractivity contribution in [2.24, 2.45) is 16.5 Å². The van der Waals surface area contributed by atoms with Gasteiger partial charge in [-0.3, -0.25) is 24.3 Å². The van der Waals surface area contributed by atoms with Gasteiger partial charge in [-0.15, -0.1) is 0 Å². The average molecular weight is 397 g/mol. The molecule has 0 saturated heterocycles. The zero-order chi connectivity index (χ0) is 21.3. The minimum absolute atomic E-state index is 0.0364. The lowest BCUT2D eigenvalue weighted by atomic mass is 10.3. The van der Waals surface area contributed by atoms with Crippen LogP contribution in [-0.2, 0) is 6.54 Å². The summed E-state index contributed by atoms with van der Waals surface area (Å²) in [6.07, 6.45) is 4.87. The van der Waals surface area contributed by atoms with E-state index in [1.165, 1.54) is 10.6 Å². The van der Waals surface area contributed by atoms with Gasteiger partial charge in [0.25, 0.3) is 5.91 Å². The van der Waals surface area contributed by atoms with Crippen LogP contribution in [0.15, 0.2) is 17.4 Å². The molecule has 0 aromatic carbocycles. The van der Waals surface area contributed by atoms with Crippen LogP contribution in [-0.4, -0.2) is 46.8 Å². The number of carbonyl (C=O) groups is 1. The van der Waals surface area contributed by atoms with Gasteiger partial charge in [0.15, 0.2) is 17.4 Å². The van der Waals surface area contributed by atoms with Gasteiger partial charge in [0, 0.05) is 12.7 Å². The van der Waals surface area contributed by atoms with Crippen molar-refractivity contribution in [3.63, 3.8) is 0 Å². The predicted molar refractivity (Wildman–Crippen MR) is 107 cm³/mol. The maximum atomic E-state index is 11.7. The smallest absolute Gasteiger partial charge is 0.285 e. The number of nitrogens with zero attached hydrogens (tertiary/aromatic N) is 6. The molecule has 1 amide bonds. The Bertz CT molecular complexity index is 1140. The summed E-state index contributed by atoms with van der Waals surface area (Å²) in [5.74, 6) is -1.23. The second-order valence-corrected chi connectivity index (χ2v) is 6.64. The summed E-state index contributed by atoms with van der Waals surface area (Å²) in [4.78, 5) is 24.2. The molecule has 11 heteroatoms. The number of nitrogens with one attached hydrogen (secondary N) is 1. The lowest BCUT2D eigenvalue weighted by molar-refractivity contribution is 0.0990. The normalized spacial score (nSPS) is 11.9. The minimum Gasteiger partial charge on any atom is -0.504 e. The molecule has 3 aromatic heterocycles. The maximum Gasteiger partial charge on any atom is 0.285 e. The molecule has 0 aliphatic heterocycles. The van der Waals surface area contributed by atoms with Crippen molar-refractivity contribution >= 4 is 23.1 Å². The molecule has 3 heterocycles. The van der Waals surface area contributed by atoms with Gasteiger partial charge in [-0.1, -0.05) is 13.3 Å². The van der Waals surface area contributed by atoms with E-state index in [-0.39, 0.29) is 34.6 Å². The predicted octanol–water partition coefficient (Wildman–Crippen LogP) is 0.878. The average Bonchev–Trinajstić information content (AvgIpc) is 3.17. The van der Waals surface area contributed by atoms with Crippen LogP contribution in [0.3, 0.4) is 0 Å². The summed E-state index contributed by atoms with van der Waals surface area (Å²) in [6, 6.07) is 0. The molecule has 3 rings (SSSR count). The zero-order valence-corrected chi connectivity index (χ0v) is 16.5. The van der Waals surface area contributed by atoms with E-state index < -0.39 is 5.91 Å². The quantitative estimate of drug-likeness (QED) is 0.355. The number of hydrogen-bond donors (Lipinski definition) is 4. The van der Waals surface area contributed by atoms with Crippen molar-refractivity contribution in [3.8, 4) is 5.75 Å². The molecule has 0 saturated carbocycles. The number of aliphatic imine (C=N–C) groups is 1. The summed E-state index contributed by atoms with van der Waals surface area (Å²) >= 11 is 0. The molecule has 6 N–H and O–H groups in total. The topological polar surface area (TPSA) is 174 Å². The van der Waals surface area contributed by atoms with E-state index in [4.69, 9.17) is 16.9 Å². The number of amidine groups is 2. The minimum atomic E-state index is -0.743. The van der Waals surface area contributed by atoms with E-state index in [1.54, 1.807) is 24.7 Å². The van der Waals surface area contributed by atoms with E-state index in [9.17, 15) is 9.90 Å². The van der Waals surface area contributed by atoms with E-state index in [1.807, 2.05) is 6.92 Å². The molecule has 0 atom stereocenters. The molecular formula is C18H23N9O2. The molecule has 29 heavy (non-hydrogen) atoms. The Morgan fingerprint density at radius 2 is 2.07 bits per heavy atom. The molecular weight excluding hydrogens is 374 g/mol. The van der Waals surface area contributed by atoms with Crippen molar-refractivity contribution in [1.29, 1.82) is 5.41 Å². The van der Waals surface area contributed by atoms with Gasteiger partial charge in [0.1, 0.15) is 17.1 Å². The van der Waals surface area contributed by atoms with Crippen molar-refractivity contribution in [1.82, 2.24) is 24.1 Å². The van der Waals surface area contributed by atoms with Gasteiger partial charge in [-0.2, -0.15) is 5.10 Å². The highest BCUT2D eigenvalue weighted by Crippen LogP contribution is 2.22. The molecule has 0 radical (unpaired) electrons. The third-order valence-corrected chi connectivity index (χ3v) is 4.39. The number of nitrogens with two attached hydrogens (primary N) is 2. The fourth-order valence-corrected chi connectivity index (χ4v) is 2.95. The summed E-state index contributed by atoms with van der Waals surface area (Å²) in [5.41, 5.74) is 13.3. The molecule has 0 unspecified atom stereocenters. The highest BCUT2D eigenvalue weighted by molar-refractivity contribution is 6.12. The highest BCUT2D eigenvalue weighted by atomic mass is 16.3. The lowest BCUT2D eigenvalue weighted by Gasteiger charge is -2.07. The van der Waals surface area contributed by atoms with Gasteiger partial charge in [-0.05, 0) is 20.3 Å². The molecule has 0 fully saturated rings. The van der Waals surface area contributed by atoms with Crippen LogP contribution in [0.2, 0.25) is 0 Å². The number of unbranched alkanes of at least 4 members (excludes halogenated alkanes) is 1. The second kappa shape index (κ2) is 7.70. The van der Waals surface area contributed by atoms with E-state index in [0.29, 0.717) is 23.4 Å². The fraction of sp³-hybridized carbons (Fsp3) is 0.333. The van der Waals surface area contributed by atoms with Gasteiger partial charge in [0.2, 0.25) is 5.82 Å². The van der Waals surface area contributed by atoms with Gasteiger partial charge in [0.05, 0.1) is 17.4 Å². The number of carbonyl (C=O) groups excluding carboxylic acids is 1. The Hall–Kier alpha value is -3.76. The van der Waals surface area contributed by atoms with Crippen molar-refractivity contribution < 1.29 is 9.90 Å². The molecule has 11 nitrogen and oxygen atoms in total. The first kappa shape index (κ1) is 20.0. The first-order valence-corrected chi connectivity index (χ1v) is 9.08. The SMILES string of the molecule is CCCCn1nc(C)c(O)c1C(N)=NC(=N)c1nc(C(N)=O)n2cc(C)ncc12. The van der Waals surface area contributed by atoms with Crippen LogP contribution in [0.1, 0.15) is 53.2 Å². The summed E-state index contributed by atoms with van der Waals surface area (Å²) < 4.78 is 3.04. The molecule has 152 valence electrons. The molecule has 0 spiro atoms. The van der Waals surface area contributed by atoms with Crippen LogP contribution >= 0.6 is 0 Å². The number of aryl methyl sites for hydroxylation is 3. The van der Waals surface area contributed by atoms with E-state index in [0.717, 1.165) is 12.8 Å². The Balaban J connectivity index is 2.07. The lowest BCUT2D eigenvalue weighted by Crippen LogP contribution is -2.21. The third-order valence-electron chi connectivity index (χ3n) is 4.39. The monoisotopic (exact) mass is 397 g/mol. The Morgan fingerprint density at radius 3 is 2.72 bits per heavy atom. The number of aromatic nitrogens is 5. The molecule has 0 aliphatic carbocycles. The van der Waals surface area contributed by atoms with Gasteiger partial charge < -0.3 is 16.6 Å². The number of rotatable bonds is 6. The fourth-order valence-electron chi connectivity index (χ4n) is 2.95. The second-order valence-electron chi connectivity index (χ2n) is 6.64. The van der Waals surface area contributed by atoms with Crippen LogP contribution < -0.4 is 11.5 Å². The Kier molecular flexibility index (Phi) is 5.31. The van der Waals surface area contributed by atoms with Crippen molar-refractivity contribution in [3.05, 3.63) is 41.0 Å². The number of amides is 1. The summed E-state index contributed by atoms with van der Waals surface area (Å²) in [6.45, 7) is 6.02. The number of imidazole rings is 1. The molecule has 0 aliphatic rings. The van der Waals surface area contributed by atoms with Crippen molar-refractivity contribution in [2.45, 2.75) is 40.2 Å². The largest absolute Gasteiger partial charge is 0.504 e. The number of aromatic hydroxyl groups is 1. The number of hydrogen-bond acceptors (Lipinski definition) is 6. The first-order chi connectivity index (χ1) is 13.7. The zero-order valence-electron chi connectivity index (χ0n) is 16.5. The summed E-state index contributed by atoms with van der Waals surface area (Å²) in [7, 11) is 0. The van der Waals surface area contributed by atoms with E-state index >= 15 is 0 Å². The van der Waals surface area contributed by atoms with Gasteiger partial charge in [-0.25, -0.2) is 9.98 Å². The van der Waals surface area contributed by atoms with Crippen LogP contribution in [0, 0.1) is 19.3 Å². The van der Waals surface area contributed by atoms with E-state index in [2.05, 4.69) is 20.1 Å². The molecule has 0 bridgehead atoms. The Morgan fingerprint density at radius 1 is 1.34 bits per heavy atom. The van der Waals surface area contributed by atoms with Crippen LogP contribution in [0.5, 0.6) is 5.75 Å². The van der Waals surface area contributed by atoms with Gasteiger partial charge >= 0.3 is 0 Å². The third kappa shape index (κ3) is 3.66. The van der Waals surface area contributed by atoms with Crippen molar-refractivity contribution in [2.75, 3.05) is 0 Å². The number of fused-ring (bicyclic) bond motifs is 1. The number of primary amides is 1. The Labute approximate surface area is 166 Å². The summed E-state index contributed by atoms with van der Waals surface area (Å²) in [5, 5.41) is 23.0. The standard InChI is InChI=1S/C18H23N9O2/c1-4-5-6-27-13(14(28)10(3)25-27)16(20)24-15(19)12-11-7-22-9(2)8-26(11)18(23-12)17(21)29/h7-8,28H,4-6H2,1-3H3,(H2,21,29)(H3,19,20,24). The van der Waals surface area contributed by atoms with Crippen LogP contribution in [0.4, 0.5) is 0 Å². The molecule has 3 aromatic rings. The maximum absolute atomic E-state index is 11.7. The first-order valence-electron chi connectivity index (χ1n) is 9.08.